The fraction of sp³-hybridized carbons (Fsp3) is 0.424. The molecule has 0 aromatic heterocycles. The molecule has 0 heterocycles. The molecule has 0 bridgehead atoms. The lowest BCUT2D eigenvalue weighted by molar-refractivity contribution is -0.156. The van der Waals surface area contributed by atoms with Crippen LogP contribution in [0.1, 0.15) is 128 Å². The summed E-state index contributed by atoms with van der Waals surface area (Å²) < 4.78 is 10.4. The number of carbonyl (C=O) groups excluding carboxylic acids is 8. The molecule has 17 heteroatoms. The number of esters is 1. The summed E-state index contributed by atoms with van der Waals surface area (Å²) in [6.45, 7) is 11.4. The molecular weight excluding hydrogens is 1070 g/mol. The third kappa shape index (κ3) is 22.7. The Balaban J connectivity index is 1.43. The Labute approximate surface area is 495 Å². The lowest BCUT2D eigenvalue weighted by Crippen LogP contribution is -2.57. The van der Waals surface area contributed by atoms with E-state index in [9.17, 15) is 38.4 Å². The molecule has 0 saturated carbocycles. The third-order valence-electron chi connectivity index (χ3n) is 13.7. The van der Waals surface area contributed by atoms with E-state index in [0.29, 0.717) is 13.0 Å². The number of unbranched alkanes of at least 4 members (excludes halogenated alkanes) is 3. The van der Waals surface area contributed by atoms with Crippen LogP contribution >= 0.6 is 11.8 Å². The van der Waals surface area contributed by atoms with E-state index in [2.05, 4.69) is 26.5 Å². The molecular formula is C66H82BN5O10S. The highest BCUT2D eigenvalue weighted by Crippen LogP contribution is 2.49. The second-order valence-electron chi connectivity index (χ2n) is 22.8. The molecule has 0 aliphatic carbocycles. The minimum atomic E-state index is -1.60. The number of rotatable bonds is 33. The van der Waals surface area contributed by atoms with Gasteiger partial charge < -0.3 is 36.0 Å². The van der Waals surface area contributed by atoms with Crippen molar-refractivity contribution in [3.8, 4) is 0 Å². The number of nitrogens with one attached hydrogen (secondary N) is 5. The van der Waals surface area contributed by atoms with Crippen molar-refractivity contribution in [3.63, 3.8) is 0 Å². The van der Waals surface area contributed by atoms with Gasteiger partial charge in [0.2, 0.25) is 17.7 Å². The van der Waals surface area contributed by atoms with Crippen molar-refractivity contribution in [2.75, 3.05) is 18.8 Å². The van der Waals surface area contributed by atoms with Crippen molar-refractivity contribution in [1.29, 1.82) is 0 Å². The highest BCUT2D eigenvalue weighted by atomic mass is 32.2. The maximum absolute atomic E-state index is 14.8. The predicted molar refractivity (Wildman–Crippen MR) is 326 cm³/mol. The lowest BCUT2D eigenvalue weighted by Gasteiger charge is -2.36. The number of carbonyl (C=O) groups is 8. The first-order valence-corrected chi connectivity index (χ1v) is 29.5. The van der Waals surface area contributed by atoms with Gasteiger partial charge >= 0.3 is 12.1 Å². The van der Waals surface area contributed by atoms with Crippen molar-refractivity contribution in [3.05, 3.63) is 179 Å². The quantitative estimate of drug-likeness (QED) is 0.0115. The Bertz CT molecular complexity index is 2770. The van der Waals surface area contributed by atoms with E-state index >= 15 is 0 Å². The summed E-state index contributed by atoms with van der Waals surface area (Å²) in [4.78, 5) is 113. The van der Waals surface area contributed by atoms with Crippen molar-refractivity contribution < 1.29 is 47.8 Å². The van der Waals surface area contributed by atoms with E-state index in [1.807, 2.05) is 152 Å². The number of hydrogen-bond donors (Lipinski definition) is 5. The highest BCUT2D eigenvalue weighted by molar-refractivity contribution is 8.00. The number of benzene rings is 5. The summed E-state index contributed by atoms with van der Waals surface area (Å²) in [5.41, 5.74) is 2.41. The van der Waals surface area contributed by atoms with Crippen LogP contribution in [0.15, 0.2) is 152 Å². The van der Waals surface area contributed by atoms with Gasteiger partial charge in [-0.1, -0.05) is 165 Å². The van der Waals surface area contributed by atoms with E-state index < -0.39 is 88.5 Å². The molecule has 0 aliphatic rings. The summed E-state index contributed by atoms with van der Waals surface area (Å²) in [6.07, 6.45) is 1.33. The van der Waals surface area contributed by atoms with E-state index in [0.717, 1.165) is 47.1 Å². The van der Waals surface area contributed by atoms with Gasteiger partial charge in [0, 0.05) is 43.4 Å². The van der Waals surface area contributed by atoms with Crippen LogP contribution in [0.3, 0.4) is 0 Å². The number of ether oxygens (including phenoxy) is 2. The molecule has 0 aliphatic heterocycles. The minimum Gasteiger partial charge on any atom is -0.460 e. The maximum atomic E-state index is 14.8. The Kier molecular flexibility index (Phi) is 26.5. The Morgan fingerprint density at radius 2 is 0.976 bits per heavy atom. The Morgan fingerprint density at radius 1 is 0.506 bits per heavy atom. The zero-order valence-electron chi connectivity index (χ0n) is 49.1. The van der Waals surface area contributed by atoms with Crippen LogP contribution in [-0.4, -0.2) is 103 Å². The van der Waals surface area contributed by atoms with Gasteiger partial charge in [0.05, 0.1) is 23.3 Å². The molecule has 0 unspecified atom stereocenters. The molecule has 5 atom stereocenters. The number of ketones is 3. The van der Waals surface area contributed by atoms with Crippen LogP contribution in [0.2, 0.25) is 0 Å². The smallest absolute Gasteiger partial charge is 0.408 e. The summed E-state index contributed by atoms with van der Waals surface area (Å²) in [7, 11) is 5.39. The average Bonchev–Trinajstić information content (AvgIpc) is 3.50. The Hall–Kier alpha value is -7.37. The van der Waals surface area contributed by atoms with Crippen molar-refractivity contribution in [2.24, 2.45) is 11.8 Å². The highest BCUT2D eigenvalue weighted by Gasteiger charge is 2.40. The zero-order chi connectivity index (χ0) is 60.4. The lowest BCUT2D eigenvalue weighted by atomic mass is 9.84. The van der Waals surface area contributed by atoms with E-state index in [4.69, 9.17) is 17.5 Å². The average molecular weight is 1150 g/mol. The van der Waals surface area contributed by atoms with Crippen molar-refractivity contribution in [1.82, 2.24) is 26.5 Å². The summed E-state index contributed by atoms with van der Waals surface area (Å²) >= 11 is 1.50. The molecule has 4 amide bonds. The molecule has 15 nitrogen and oxygen atoms in total. The van der Waals surface area contributed by atoms with Gasteiger partial charge in [0.25, 0.3) is 0 Å². The molecule has 0 saturated heterocycles. The zero-order valence-corrected chi connectivity index (χ0v) is 49.9. The summed E-state index contributed by atoms with van der Waals surface area (Å²) in [6, 6.07) is 43.9. The van der Waals surface area contributed by atoms with Crippen LogP contribution in [-0.2, 0) is 60.6 Å². The molecule has 5 N–H and O–H groups in total. The molecule has 440 valence electrons. The topological polar surface area (TPSA) is 215 Å². The van der Waals surface area contributed by atoms with E-state index in [-0.39, 0.29) is 55.3 Å². The normalized spacial score (nSPS) is 13.4. The van der Waals surface area contributed by atoms with Gasteiger partial charge in [0.1, 0.15) is 23.0 Å². The monoisotopic (exact) mass is 1150 g/mol. The summed E-state index contributed by atoms with van der Waals surface area (Å²) in [5, 5.41) is 13.6. The van der Waals surface area contributed by atoms with E-state index in [1.165, 1.54) is 18.7 Å². The largest absolute Gasteiger partial charge is 0.460 e. The molecule has 5 aromatic rings. The van der Waals surface area contributed by atoms with Crippen LogP contribution < -0.4 is 26.5 Å². The van der Waals surface area contributed by atoms with Gasteiger partial charge in [-0.3, -0.25) is 33.6 Å². The first-order chi connectivity index (χ1) is 39.6. The number of alkyl carbamates (subject to hydrolysis) is 1. The Morgan fingerprint density at radius 3 is 1.47 bits per heavy atom. The number of Topliss-reactive ketones (excluding diaryl/α,β-unsaturated/α-hetero) is 3. The maximum Gasteiger partial charge on any atom is 0.408 e. The molecule has 2 radical (unpaired) electrons. The fourth-order valence-corrected chi connectivity index (χ4v) is 11.3. The van der Waals surface area contributed by atoms with E-state index in [1.54, 1.807) is 41.5 Å². The number of thioether (sulfide) groups is 1. The van der Waals surface area contributed by atoms with Gasteiger partial charge in [-0.15, -0.1) is 11.8 Å². The van der Waals surface area contributed by atoms with Gasteiger partial charge in [-0.2, -0.15) is 0 Å². The number of hydrogen-bond acceptors (Lipinski definition) is 12. The van der Waals surface area contributed by atoms with Crippen LogP contribution in [0, 0.1) is 11.8 Å². The van der Waals surface area contributed by atoms with Gasteiger partial charge in [0.15, 0.2) is 19.5 Å². The third-order valence-corrected chi connectivity index (χ3v) is 15.4. The molecule has 0 spiro atoms. The van der Waals surface area contributed by atoms with Gasteiger partial charge in [-0.25, -0.2) is 4.79 Å². The van der Waals surface area contributed by atoms with Crippen LogP contribution in [0.5, 0.6) is 0 Å². The predicted octanol–water partition coefficient (Wildman–Crippen LogP) is 9.27. The SMILES string of the molecule is [B]NCCCCCCC(=O)N[C@@H](Cc1ccccc1)C(=O)C[C@@H](Cc1ccccc1)C(=O)NC[C@H](NC(=O)OC(C)(C)C)C(=O)N[C@@H](CC(=O)OC(C)(C)C)C(=O)C[C@@H](CSC(c1ccccc1)(c1ccccc1)c1ccccc1)C(C)=O. The first kappa shape index (κ1) is 66.4. The van der Waals surface area contributed by atoms with Crippen LogP contribution in [0.25, 0.3) is 0 Å². The molecule has 5 aromatic carbocycles. The molecule has 0 fully saturated rings. The second kappa shape index (κ2) is 33.1. The molecule has 83 heavy (non-hydrogen) atoms. The summed E-state index contributed by atoms with van der Waals surface area (Å²) in [5.74, 6) is -5.77. The first-order valence-electron chi connectivity index (χ1n) is 28.5. The second-order valence-corrected chi connectivity index (χ2v) is 24.1. The standard InChI is InChI=1S/C66H82BN5O10S/c1-46(73)50(45-83-66(51-31-19-12-20-32-51,52-33-21-13-22-34-52)53-35-23-14-24-36-53)42-58(75)55(43-60(77)81-64(2,3)4)71-62(79)56(72-63(80)82-65(5,6)7)44-68-61(78)49(39-47-27-15-10-16-28-47)41-57(74)54(40-48-29-17-11-18-30-48)70-59(76)37-25-8-9-26-38-69-67/h10-24,27-36,49-50,54-56,69H,8-9,25-26,37-45H2,1-7H3,(H,68,78)(H,70,76)(H,71,79)(H,72,80)/t49-,50+,54+,55+,56+/m1/s1. The molecule has 5 rings (SSSR count). The number of amides is 4. The van der Waals surface area contributed by atoms with Crippen molar-refractivity contribution in [2.45, 2.75) is 147 Å². The van der Waals surface area contributed by atoms with Gasteiger partial charge in [-0.05, 0) is 109 Å². The van der Waals surface area contributed by atoms with Crippen LogP contribution in [0.4, 0.5) is 4.79 Å². The fourth-order valence-electron chi connectivity index (χ4n) is 9.54. The van der Waals surface area contributed by atoms with Crippen molar-refractivity contribution >= 4 is 66.9 Å². The minimum absolute atomic E-state index is 0.101.